The molecule has 1 aliphatic rings. The summed E-state index contributed by atoms with van der Waals surface area (Å²) in [5, 5.41) is 3.37. The molecule has 0 saturated heterocycles. The molecule has 1 aliphatic carbocycles. The Balaban J connectivity index is 2.23. The number of likely N-dealkylation sites (N-methyl/N-ethyl adjacent to an activating group) is 1. The molecule has 1 N–H and O–H groups in total. The van der Waals surface area contributed by atoms with Gasteiger partial charge in [-0.25, -0.2) is 0 Å². The molecular weight excluding hydrogens is 252 g/mol. The molecule has 1 aromatic rings. The second kappa shape index (κ2) is 7.60. The third-order valence-electron chi connectivity index (χ3n) is 4.34. The molecule has 2 unspecified atom stereocenters. The molecule has 0 amide bonds. The molecule has 20 heavy (non-hydrogen) atoms. The SMILES string of the molecule is CNC(c1ncccc1OC)C(OC)C1CCCCC1. The van der Waals surface area contributed by atoms with Crippen LogP contribution in [0.2, 0.25) is 0 Å². The number of nitrogens with zero attached hydrogens (tertiary/aromatic N) is 1. The number of ether oxygens (including phenoxy) is 2. The fraction of sp³-hybridized carbons (Fsp3) is 0.688. The van der Waals surface area contributed by atoms with Crippen molar-refractivity contribution in [3.05, 3.63) is 24.0 Å². The molecule has 1 aromatic heterocycles. The van der Waals surface area contributed by atoms with Gasteiger partial charge in [0.25, 0.3) is 0 Å². The van der Waals surface area contributed by atoms with Gasteiger partial charge in [0.05, 0.1) is 19.3 Å². The van der Waals surface area contributed by atoms with Crippen molar-refractivity contribution in [2.75, 3.05) is 21.3 Å². The first kappa shape index (κ1) is 15.3. The highest BCUT2D eigenvalue weighted by molar-refractivity contribution is 5.30. The minimum Gasteiger partial charge on any atom is -0.495 e. The van der Waals surface area contributed by atoms with Crippen LogP contribution in [0.25, 0.3) is 0 Å². The van der Waals surface area contributed by atoms with Crippen LogP contribution in [0.1, 0.15) is 43.8 Å². The summed E-state index contributed by atoms with van der Waals surface area (Å²) in [6, 6.07) is 3.93. The third kappa shape index (κ3) is 3.30. The Morgan fingerprint density at radius 3 is 2.60 bits per heavy atom. The van der Waals surface area contributed by atoms with Crippen LogP contribution in [-0.4, -0.2) is 32.4 Å². The quantitative estimate of drug-likeness (QED) is 0.869. The van der Waals surface area contributed by atoms with Crippen LogP contribution in [0.5, 0.6) is 5.75 Å². The molecule has 1 saturated carbocycles. The zero-order valence-electron chi connectivity index (χ0n) is 12.8. The number of aromatic nitrogens is 1. The van der Waals surface area contributed by atoms with Crippen LogP contribution >= 0.6 is 0 Å². The molecule has 1 fully saturated rings. The van der Waals surface area contributed by atoms with E-state index in [0.717, 1.165) is 11.4 Å². The lowest BCUT2D eigenvalue weighted by atomic mass is 9.81. The lowest BCUT2D eigenvalue weighted by molar-refractivity contribution is 0.00780. The van der Waals surface area contributed by atoms with E-state index >= 15 is 0 Å². The molecule has 1 heterocycles. The van der Waals surface area contributed by atoms with Crippen molar-refractivity contribution in [3.63, 3.8) is 0 Å². The van der Waals surface area contributed by atoms with Crippen LogP contribution in [0.4, 0.5) is 0 Å². The Hall–Kier alpha value is -1.13. The first-order valence-electron chi connectivity index (χ1n) is 7.50. The van der Waals surface area contributed by atoms with Crippen LogP contribution in [0.3, 0.4) is 0 Å². The van der Waals surface area contributed by atoms with Crippen molar-refractivity contribution in [1.29, 1.82) is 0 Å². The maximum Gasteiger partial charge on any atom is 0.142 e. The molecule has 0 bridgehead atoms. The Morgan fingerprint density at radius 2 is 2.00 bits per heavy atom. The highest BCUT2D eigenvalue weighted by atomic mass is 16.5. The van der Waals surface area contributed by atoms with E-state index in [9.17, 15) is 0 Å². The van der Waals surface area contributed by atoms with E-state index in [2.05, 4.69) is 10.3 Å². The van der Waals surface area contributed by atoms with Crippen molar-refractivity contribution in [3.8, 4) is 5.75 Å². The third-order valence-corrected chi connectivity index (χ3v) is 4.34. The minimum absolute atomic E-state index is 0.0688. The predicted molar refractivity (Wildman–Crippen MR) is 80.0 cm³/mol. The smallest absolute Gasteiger partial charge is 0.142 e. The second-order valence-electron chi connectivity index (χ2n) is 5.46. The normalized spacial score (nSPS) is 19.6. The Kier molecular flexibility index (Phi) is 5.80. The molecule has 2 rings (SSSR count). The molecule has 0 aliphatic heterocycles. The van der Waals surface area contributed by atoms with Crippen molar-refractivity contribution in [2.24, 2.45) is 5.92 Å². The lowest BCUT2D eigenvalue weighted by Crippen LogP contribution is -2.38. The van der Waals surface area contributed by atoms with Gasteiger partial charge < -0.3 is 14.8 Å². The first-order chi connectivity index (χ1) is 9.81. The van der Waals surface area contributed by atoms with E-state index in [1.165, 1.54) is 32.1 Å². The summed E-state index contributed by atoms with van der Waals surface area (Å²) in [5.74, 6) is 1.42. The van der Waals surface area contributed by atoms with Gasteiger partial charge in [-0.05, 0) is 37.9 Å². The van der Waals surface area contributed by atoms with E-state index < -0.39 is 0 Å². The molecule has 112 valence electrons. The fourth-order valence-corrected chi connectivity index (χ4v) is 3.33. The Bertz CT molecular complexity index is 405. The number of hydrogen-bond donors (Lipinski definition) is 1. The van der Waals surface area contributed by atoms with Gasteiger partial charge in [-0.3, -0.25) is 4.98 Å². The number of hydrogen-bond acceptors (Lipinski definition) is 4. The zero-order chi connectivity index (χ0) is 14.4. The van der Waals surface area contributed by atoms with E-state index in [-0.39, 0.29) is 12.1 Å². The average molecular weight is 278 g/mol. The lowest BCUT2D eigenvalue weighted by Gasteiger charge is -2.34. The summed E-state index contributed by atoms with van der Waals surface area (Å²) in [4.78, 5) is 4.52. The summed E-state index contributed by atoms with van der Waals surface area (Å²) < 4.78 is 11.3. The second-order valence-corrected chi connectivity index (χ2v) is 5.46. The molecule has 4 nitrogen and oxygen atoms in total. The van der Waals surface area contributed by atoms with Crippen molar-refractivity contribution < 1.29 is 9.47 Å². The zero-order valence-corrected chi connectivity index (χ0v) is 12.8. The number of nitrogens with one attached hydrogen (secondary N) is 1. The minimum atomic E-state index is 0.0688. The largest absolute Gasteiger partial charge is 0.495 e. The topological polar surface area (TPSA) is 43.4 Å². The predicted octanol–water partition coefficient (Wildman–Crippen LogP) is 2.95. The van der Waals surface area contributed by atoms with Crippen molar-refractivity contribution >= 4 is 0 Å². The van der Waals surface area contributed by atoms with Crippen molar-refractivity contribution in [2.45, 2.75) is 44.2 Å². The maximum absolute atomic E-state index is 5.84. The summed E-state index contributed by atoms with van der Waals surface area (Å²) >= 11 is 0. The summed E-state index contributed by atoms with van der Waals surface area (Å²) in [6.45, 7) is 0. The fourth-order valence-electron chi connectivity index (χ4n) is 3.33. The van der Waals surface area contributed by atoms with Crippen LogP contribution < -0.4 is 10.1 Å². The van der Waals surface area contributed by atoms with Gasteiger partial charge in [-0.1, -0.05) is 19.3 Å². The molecule has 2 atom stereocenters. The summed E-state index contributed by atoms with van der Waals surface area (Å²) in [6.07, 6.45) is 8.40. The summed E-state index contributed by atoms with van der Waals surface area (Å²) in [5.41, 5.74) is 0.940. The average Bonchev–Trinajstić information content (AvgIpc) is 2.53. The van der Waals surface area contributed by atoms with Gasteiger partial charge >= 0.3 is 0 Å². The molecular formula is C16H26N2O2. The number of rotatable bonds is 6. The van der Waals surface area contributed by atoms with E-state index in [1.807, 2.05) is 25.4 Å². The van der Waals surface area contributed by atoms with Crippen molar-refractivity contribution in [1.82, 2.24) is 10.3 Å². The number of pyridine rings is 1. The molecule has 4 heteroatoms. The highest BCUT2D eigenvalue weighted by Gasteiger charge is 2.33. The van der Waals surface area contributed by atoms with Gasteiger partial charge in [0.2, 0.25) is 0 Å². The Morgan fingerprint density at radius 1 is 1.25 bits per heavy atom. The van der Waals surface area contributed by atoms with Gasteiger partial charge in [0, 0.05) is 13.3 Å². The van der Waals surface area contributed by atoms with Gasteiger partial charge in [-0.2, -0.15) is 0 Å². The standard InChI is InChI=1S/C16H26N2O2/c1-17-15(14-13(19-2)10-7-11-18-14)16(20-3)12-8-5-4-6-9-12/h7,10-12,15-17H,4-6,8-9H2,1-3H3. The first-order valence-corrected chi connectivity index (χ1v) is 7.50. The van der Waals surface area contributed by atoms with Crippen LogP contribution in [0, 0.1) is 5.92 Å². The molecule has 0 radical (unpaired) electrons. The summed E-state index contributed by atoms with van der Waals surface area (Å²) in [7, 11) is 5.46. The van der Waals surface area contributed by atoms with Gasteiger partial charge in [0.1, 0.15) is 11.4 Å². The Labute approximate surface area is 121 Å². The monoisotopic (exact) mass is 278 g/mol. The van der Waals surface area contributed by atoms with E-state index in [4.69, 9.17) is 9.47 Å². The molecule has 0 spiro atoms. The van der Waals surface area contributed by atoms with Gasteiger partial charge in [-0.15, -0.1) is 0 Å². The van der Waals surface area contributed by atoms with E-state index in [1.54, 1.807) is 14.2 Å². The molecule has 0 aromatic carbocycles. The van der Waals surface area contributed by atoms with E-state index in [0.29, 0.717) is 5.92 Å². The number of methoxy groups -OCH3 is 2. The van der Waals surface area contributed by atoms with Gasteiger partial charge in [0.15, 0.2) is 0 Å². The van der Waals surface area contributed by atoms with Crippen LogP contribution in [0.15, 0.2) is 18.3 Å². The highest BCUT2D eigenvalue weighted by Crippen LogP contribution is 2.35. The van der Waals surface area contributed by atoms with Crippen LogP contribution in [-0.2, 0) is 4.74 Å². The maximum atomic E-state index is 5.84.